The van der Waals surface area contributed by atoms with Gasteiger partial charge >= 0.3 is 0 Å². The van der Waals surface area contributed by atoms with E-state index in [1.807, 2.05) is 25.4 Å². The first-order chi connectivity index (χ1) is 9.31. The Bertz CT molecular complexity index is 525. The van der Waals surface area contributed by atoms with Gasteiger partial charge in [-0.3, -0.25) is 15.1 Å². The zero-order valence-electron chi connectivity index (χ0n) is 11.2. The van der Waals surface area contributed by atoms with Gasteiger partial charge in [-0.05, 0) is 51.3 Å². The van der Waals surface area contributed by atoms with Gasteiger partial charge in [0.15, 0.2) is 0 Å². The van der Waals surface area contributed by atoms with Crippen molar-refractivity contribution in [3.8, 4) is 11.4 Å². The molecule has 1 saturated heterocycles. The summed E-state index contributed by atoms with van der Waals surface area (Å²) in [5, 5.41) is 10.5. The summed E-state index contributed by atoms with van der Waals surface area (Å²) in [7, 11) is 0. The van der Waals surface area contributed by atoms with Crippen LogP contribution in [0.25, 0.3) is 11.4 Å². The van der Waals surface area contributed by atoms with Crippen molar-refractivity contribution in [1.29, 1.82) is 0 Å². The van der Waals surface area contributed by atoms with E-state index in [-0.39, 0.29) is 0 Å². The fraction of sp³-hybridized carbons (Fsp3) is 0.500. The summed E-state index contributed by atoms with van der Waals surface area (Å²) in [5.41, 5.74) is 3.82. The fourth-order valence-corrected chi connectivity index (χ4v) is 2.52. The molecule has 0 spiro atoms. The highest BCUT2D eigenvalue weighted by atomic mass is 15.1. The predicted octanol–water partition coefficient (Wildman–Crippen LogP) is 1.72. The van der Waals surface area contributed by atoms with Crippen molar-refractivity contribution in [3.05, 3.63) is 29.8 Å². The highest BCUT2D eigenvalue weighted by Crippen LogP contribution is 2.18. The number of hydrogen-bond donors (Lipinski definition) is 2. The topological polar surface area (TPSA) is 66.5 Å². The van der Waals surface area contributed by atoms with E-state index < -0.39 is 0 Å². The molecule has 0 amide bonds. The molecule has 5 nitrogen and oxygen atoms in total. The van der Waals surface area contributed by atoms with Crippen LogP contribution in [0.2, 0.25) is 0 Å². The fourth-order valence-electron chi connectivity index (χ4n) is 2.52. The Balaban J connectivity index is 1.68. The van der Waals surface area contributed by atoms with E-state index >= 15 is 0 Å². The summed E-state index contributed by atoms with van der Waals surface area (Å²) in [6.07, 6.45) is 7.23. The second-order valence-electron chi connectivity index (χ2n) is 5.23. The minimum Gasteiger partial charge on any atom is -0.317 e. The summed E-state index contributed by atoms with van der Waals surface area (Å²) in [5.74, 6) is 0.744. The van der Waals surface area contributed by atoms with Gasteiger partial charge in [0.25, 0.3) is 0 Å². The Hall–Kier alpha value is -1.75. The molecule has 1 fully saturated rings. The van der Waals surface area contributed by atoms with E-state index in [9.17, 15) is 0 Å². The molecule has 2 aromatic heterocycles. The average Bonchev–Trinajstić information content (AvgIpc) is 2.87. The molecule has 2 N–H and O–H groups in total. The number of piperidine rings is 1. The van der Waals surface area contributed by atoms with Crippen molar-refractivity contribution < 1.29 is 0 Å². The smallest absolute Gasteiger partial charge is 0.112 e. The minimum absolute atomic E-state index is 0.744. The molecule has 1 aliphatic rings. The lowest BCUT2D eigenvalue weighted by Crippen LogP contribution is -2.28. The van der Waals surface area contributed by atoms with Crippen LogP contribution in [-0.4, -0.2) is 33.3 Å². The molecule has 100 valence electrons. The van der Waals surface area contributed by atoms with Crippen LogP contribution in [0, 0.1) is 12.8 Å². The molecular formula is C14H19N5. The van der Waals surface area contributed by atoms with E-state index in [0.717, 1.165) is 48.2 Å². The monoisotopic (exact) mass is 257 g/mol. The summed E-state index contributed by atoms with van der Waals surface area (Å²) < 4.78 is 0. The Morgan fingerprint density at radius 1 is 1.16 bits per heavy atom. The van der Waals surface area contributed by atoms with Crippen LogP contribution in [0.5, 0.6) is 0 Å². The van der Waals surface area contributed by atoms with E-state index in [2.05, 4.69) is 25.5 Å². The number of aromatic nitrogens is 4. The Kier molecular flexibility index (Phi) is 3.55. The summed E-state index contributed by atoms with van der Waals surface area (Å²) in [6.45, 7) is 4.24. The molecule has 0 aliphatic carbocycles. The first-order valence-electron chi connectivity index (χ1n) is 6.85. The number of aryl methyl sites for hydroxylation is 1. The second-order valence-corrected chi connectivity index (χ2v) is 5.23. The van der Waals surface area contributed by atoms with Crippen LogP contribution in [0.3, 0.4) is 0 Å². The highest BCUT2D eigenvalue weighted by molar-refractivity contribution is 5.52. The lowest BCUT2D eigenvalue weighted by molar-refractivity contribution is 0.370. The third-order valence-electron chi connectivity index (χ3n) is 3.63. The maximum Gasteiger partial charge on any atom is 0.112 e. The normalized spacial score (nSPS) is 16.7. The molecule has 0 saturated carbocycles. The first-order valence-corrected chi connectivity index (χ1v) is 6.85. The van der Waals surface area contributed by atoms with Crippen LogP contribution >= 0.6 is 0 Å². The second kappa shape index (κ2) is 5.48. The maximum absolute atomic E-state index is 4.52. The van der Waals surface area contributed by atoms with Gasteiger partial charge in [-0.25, -0.2) is 0 Å². The summed E-state index contributed by atoms with van der Waals surface area (Å²) in [4.78, 5) is 8.99. The van der Waals surface area contributed by atoms with Crippen molar-refractivity contribution in [3.63, 3.8) is 0 Å². The van der Waals surface area contributed by atoms with Crippen LogP contribution in [0.15, 0.2) is 18.5 Å². The van der Waals surface area contributed by atoms with Crippen molar-refractivity contribution in [2.75, 3.05) is 13.1 Å². The van der Waals surface area contributed by atoms with E-state index in [1.54, 1.807) is 0 Å². The molecule has 0 radical (unpaired) electrons. The largest absolute Gasteiger partial charge is 0.317 e. The molecule has 0 bridgehead atoms. The molecular weight excluding hydrogens is 238 g/mol. The minimum atomic E-state index is 0.744. The molecule has 3 heterocycles. The third kappa shape index (κ3) is 2.98. The van der Waals surface area contributed by atoms with Crippen molar-refractivity contribution in [2.24, 2.45) is 5.92 Å². The van der Waals surface area contributed by atoms with Gasteiger partial charge in [-0.2, -0.15) is 5.10 Å². The van der Waals surface area contributed by atoms with Crippen LogP contribution in [0.4, 0.5) is 0 Å². The zero-order valence-corrected chi connectivity index (χ0v) is 11.2. The van der Waals surface area contributed by atoms with Crippen LogP contribution in [0.1, 0.15) is 24.2 Å². The van der Waals surface area contributed by atoms with Gasteiger partial charge in [0.2, 0.25) is 0 Å². The van der Waals surface area contributed by atoms with Gasteiger partial charge in [0.05, 0.1) is 11.9 Å². The van der Waals surface area contributed by atoms with Gasteiger partial charge in [-0.1, -0.05) is 0 Å². The van der Waals surface area contributed by atoms with E-state index in [0.29, 0.717) is 0 Å². The lowest BCUT2D eigenvalue weighted by atomic mass is 9.93. The highest BCUT2D eigenvalue weighted by Gasteiger charge is 2.14. The van der Waals surface area contributed by atoms with Crippen molar-refractivity contribution in [1.82, 2.24) is 25.5 Å². The molecule has 19 heavy (non-hydrogen) atoms. The number of aromatic amines is 1. The SMILES string of the molecule is Cc1cc(-c2cnc(CC3CCNCC3)cn2)n[nH]1. The number of rotatable bonds is 3. The average molecular weight is 257 g/mol. The number of hydrogen-bond acceptors (Lipinski definition) is 4. The molecule has 5 heteroatoms. The van der Waals surface area contributed by atoms with Crippen molar-refractivity contribution >= 4 is 0 Å². The van der Waals surface area contributed by atoms with Crippen molar-refractivity contribution in [2.45, 2.75) is 26.2 Å². The molecule has 0 unspecified atom stereocenters. The number of nitrogens with zero attached hydrogens (tertiary/aromatic N) is 3. The Labute approximate surface area is 112 Å². The summed E-state index contributed by atoms with van der Waals surface area (Å²) >= 11 is 0. The maximum atomic E-state index is 4.52. The van der Waals surface area contributed by atoms with Crippen LogP contribution < -0.4 is 5.32 Å². The Morgan fingerprint density at radius 3 is 2.63 bits per heavy atom. The van der Waals surface area contributed by atoms with Gasteiger partial charge in [0.1, 0.15) is 11.4 Å². The zero-order chi connectivity index (χ0) is 13.1. The quantitative estimate of drug-likeness (QED) is 0.878. The predicted molar refractivity (Wildman–Crippen MR) is 73.6 cm³/mol. The molecule has 0 aromatic carbocycles. The molecule has 1 aliphatic heterocycles. The lowest BCUT2D eigenvalue weighted by Gasteiger charge is -2.21. The molecule has 2 aromatic rings. The molecule has 0 atom stereocenters. The van der Waals surface area contributed by atoms with Crippen LogP contribution in [-0.2, 0) is 6.42 Å². The Morgan fingerprint density at radius 2 is 2.00 bits per heavy atom. The standard InChI is InChI=1S/C14H19N5/c1-10-6-13(19-18-10)14-9-16-12(8-17-14)7-11-2-4-15-5-3-11/h6,8-9,11,15H,2-5,7H2,1H3,(H,18,19). The van der Waals surface area contributed by atoms with E-state index in [1.165, 1.54) is 12.8 Å². The third-order valence-corrected chi connectivity index (χ3v) is 3.63. The number of H-pyrrole nitrogens is 1. The van der Waals surface area contributed by atoms with Gasteiger partial charge in [-0.15, -0.1) is 0 Å². The van der Waals surface area contributed by atoms with Gasteiger partial charge < -0.3 is 5.32 Å². The van der Waals surface area contributed by atoms with E-state index in [4.69, 9.17) is 0 Å². The summed E-state index contributed by atoms with van der Waals surface area (Å²) in [6, 6.07) is 1.98. The first kappa shape index (κ1) is 12.3. The number of nitrogens with one attached hydrogen (secondary N) is 2. The molecule has 3 rings (SSSR count). The van der Waals surface area contributed by atoms with Gasteiger partial charge in [0, 0.05) is 11.9 Å².